The third-order valence-corrected chi connectivity index (χ3v) is 2.07. The van der Waals surface area contributed by atoms with Crippen LogP contribution in [0, 0.1) is 0 Å². The zero-order chi connectivity index (χ0) is 9.84. The first kappa shape index (κ1) is 9.83. The predicted molar refractivity (Wildman–Crippen MR) is 46.2 cm³/mol. The van der Waals surface area contributed by atoms with Crippen LogP contribution in [-0.2, 0) is 9.53 Å². The number of nitrogens with one attached hydrogen (secondary N) is 1. The van der Waals surface area contributed by atoms with Crippen LogP contribution in [0.4, 0.5) is 4.79 Å². The van der Waals surface area contributed by atoms with Gasteiger partial charge in [-0.05, 0) is 13.3 Å². The number of hydrogen-bond donors (Lipinski definition) is 1. The molecule has 1 N–H and O–H groups in total. The van der Waals surface area contributed by atoms with Crippen LogP contribution in [0.2, 0.25) is 0 Å². The Morgan fingerprint density at radius 1 is 1.62 bits per heavy atom. The highest BCUT2D eigenvalue weighted by Gasteiger charge is 2.37. The van der Waals surface area contributed by atoms with E-state index in [1.165, 1.54) is 4.90 Å². The Morgan fingerprint density at radius 3 is 2.69 bits per heavy atom. The van der Waals surface area contributed by atoms with Gasteiger partial charge in [0.05, 0.1) is 6.61 Å². The molecule has 0 radical (unpaired) electrons. The molecule has 5 nitrogen and oxygen atoms in total. The van der Waals surface area contributed by atoms with Crippen molar-refractivity contribution in [2.75, 3.05) is 20.2 Å². The van der Waals surface area contributed by atoms with Gasteiger partial charge in [0.1, 0.15) is 6.04 Å². The van der Waals surface area contributed by atoms with Crippen LogP contribution >= 0.6 is 0 Å². The van der Waals surface area contributed by atoms with Crippen molar-refractivity contribution >= 4 is 12.0 Å². The molecule has 1 atom stereocenters. The van der Waals surface area contributed by atoms with Crippen molar-refractivity contribution in [3.8, 4) is 0 Å². The molecule has 0 bridgehead atoms. The van der Waals surface area contributed by atoms with E-state index in [2.05, 4.69) is 5.32 Å². The Bertz CT molecular complexity index is 217. The molecule has 5 heteroatoms. The summed E-state index contributed by atoms with van der Waals surface area (Å²) in [5.41, 5.74) is 0. The zero-order valence-electron chi connectivity index (χ0n) is 7.87. The van der Waals surface area contributed by atoms with E-state index < -0.39 is 6.09 Å². The van der Waals surface area contributed by atoms with Crippen LogP contribution in [-0.4, -0.2) is 43.1 Å². The van der Waals surface area contributed by atoms with Gasteiger partial charge in [0.25, 0.3) is 0 Å². The molecular weight excluding hydrogens is 172 g/mol. The normalized spacial score (nSPS) is 20.5. The lowest BCUT2D eigenvalue weighted by Gasteiger charge is -2.38. The van der Waals surface area contributed by atoms with Crippen molar-refractivity contribution in [3.05, 3.63) is 0 Å². The van der Waals surface area contributed by atoms with Crippen LogP contribution in [0.15, 0.2) is 0 Å². The summed E-state index contributed by atoms with van der Waals surface area (Å²) >= 11 is 0. The summed E-state index contributed by atoms with van der Waals surface area (Å²) in [5, 5.41) is 2.51. The van der Waals surface area contributed by atoms with Gasteiger partial charge in [-0.1, -0.05) is 0 Å². The lowest BCUT2D eigenvalue weighted by Crippen LogP contribution is -2.57. The van der Waals surface area contributed by atoms with Crippen molar-refractivity contribution in [3.63, 3.8) is 0 Å². The smallest absolute Gasteiger partial charge is 0.410 e. The number of amides is 2. The van der Waals surface area contributed by atoms with E-state index in [0.29, 0.717) is 13.2 Å². The number of hydrogen-bond acceptors (Lipinski definition) is 3. The summed E-state index contributed by atoms with van der Waals surface area (Å²) in [6, 6.07) is -0.330. The Hall–Kier alpha value is -1.26. The molecule has 13 heavy (non-hydrogen) atoms. The quantitative estimate of drug-likeness (QED) is 0.658. The minimum Gasteiger partial charge on any atom is -0.450 e. The summed E-state index contributed by atoms with van der Waals surface area (Å²) in [7, 11) is 1.56. The lowest BCUT2D eigenvalue weighted by atomic mass is 10.0. The summed E-state index contributed by atoms with van der Waals surface area (Å²) in [5.74, 6) is -0.126. The summed E-state index contributed by atoms with van der Waals surface area (Å²) in [4.78, 5) is 23.8. The Balaban J connectivity index is 2.44. The average Bonchev–Trinajstić information content (AvgIpc) is 2.02. The molecule has 2 amide bonds. The minimum absolute atomic E-state index is 0.126. The van der Waals surface area contributed by atoms with E-state index in [1.54, 1.807) is 14.0 Å². The second kappa shape index (κ2) is 4.11. The maximum absolute atomic E-state index is 11.2. The second-order valence-electron chi connectivity index (χ2n) is 2.81. The van der Waals surface area contributed by atoms with E-state index in [4.69, 9.17) is 4.74 Å². The van der Waals surface area contributed by atoms with Crippen LogP contribution in [0.1, 0.15) is 13.3 Å². The summed E-state index contributed by atoms with van der Waals surface area (Å²) in [6.45, 7) is 2.69. The molecule has 1 fully saturated rings. The summed E-state index contributed by atoms with van der Waals surface area (Å²) < 4.78 is 4.78. The predicted octanol–water partition coefficient (Wildman–Crippen LogP) is -0.0368. The number of likely N-dealkylation sites (N-methyl/N-ethyl adjacent to an activating group) is 1. The van der Waals surface area contributed by atoms with Crippen molar-refractivity contribution in [2.45, 2.75) is 19.4 Å². The molecule has 0 aromatic heterocycles. The van der Waals surface area contributed by atoms with Gasteiger partial charge < -0.3 is 10.1 Å². The van der Waals surface area contributed by atoms with Gasteiger partial charge in [-0.2, -0.15) is 0 Å². The first-order valence-corrected chi connectivity index (χ1v) is 4.35. The van der Waals surface area contributed by atoms with E-state index in [1.807, 2.05) is 0 Å². The number of carbonyl (C=O) groups excluding carboxylic acids is 2. The van der Waals surface area contributed by atoms with Crippen LogP contribution in [0.3, 0.4) is 0 Å². The van der Waals surface area contributed by atoms with E-state index >= 15 is 0 Å². The van der Waals surface area contributed by atoms with Crippen molar-refractivity contribution in [1.82, 2.24) is 10.2 Å². The van der Waals surface area contributed by atoms with Crippen LogP contribution in [0.25, 0.3) is 0 Å². The molecule has 0 aromatic carbocycles. The highest BCUT2D eigenvalue weighted by Crippen LogP contribution is 2.18. The Kier molecular flexibility index (Phi) is 3.11. The molecule has 1 aliphatic heterocycles. The molecule has 1 aliphatic rings. The monoisotopic (exact) mass is 186 g/mol. The number of carbonyl (C=O) groups is 2. The molecule has 1 rings (SSSR count). The first-order valence-electron chi connectivity index (χ1n) is 4.35. The van der Waals surface area contributed by atoms with E-state index in [-0.39, 0.29) is 11.9 Å². The SMILES string of the molecule is CCOC(=O)N1CCC1C(=O)NC. The fourth-order valence-corrected chi connectivity index (χ4v) is 1.25. The molecule has 0 aromatic rings. The maximum atomic E-state index is 11.2. The van der Waals surface area contributed by atoms with Gasteiger partial charge in [-0.15, -0.1) is 0 Å². The standard InChI is InChI=1S/C8H14N2O3/c1-3-13-8(12)10-5-4-6(10)7(11)9-2/h6H,3-5H2,1-2H3,(H,9,11). The molecule has 0 spiro atoms. The fourth-order valence-electron chi connectivity index (χ4n) is 1.25. The lowest BCUT2D eigenvalue weighted by molar-refractivity contribution is -0.129. The molecule has 1 unspecified atom stereocenters. The third-order valence-electron chi connectivity index (χ3n) is 2.07. The number of ether oxygens (including phenoxy) is 1. The topological polar surface area (TPSA) is 58.6 Å². The summed E-state index contributed by atoms with van der Waals surface area (Å²) in [6.07, 6.45) is 0.320. The Labute approximate surface area is 77.0 Å². The van der Waals surface area contributed by atoms with Crippen LogP contribution < -0.4 is 5.32 Å². The molecule has 0 aliphatic carbocycles. The third kappa shape index (κ3) is 1.91. The van der Waals surface area contributed by atoms with Gasteiger partial charge in [0.15, 0.2) is 0 Å². The Morgan fingerprint density at radius 2 is 2.31 bits per heavy atom. The maximum Gasteiger partial charge on any atom is 0.410 e. The highest BCUT2D eigenvalue weighted by atomic mass is 16.6. The average molecular weight is 186 g/mol. The van der Waals surface area contributed by atoms with Gasteiger partial charge in [-0.25, -0.2) is 4.79 Å². The largest absolute Gasteiger partial charge is 0.450 e. The highest BCUT2D eigenvalue weighted by molar-refractivity contribution is 5.86. The second-order valence-corrected chi connectivity index (χ2v) is 2.81. The molecule has 1 saturated heterocycles. The van der Waals surface area contributed by atoms with Gasteiger partial charge in [0, 0.05) is 13.6 Å². The minimum atomic E-state index is -0.401. The molecule has 0 saturated carbocycles. The van der Waals surface area contributed by atoms with Gasteiger partial charge in [0.2, 0.25) is 5.91 Å². The van der Waals surface area contributed by atoms with Crippen molar-refractivity contribution in [2.24, 2.45) is 0 Å². The first-order chi connectivity index (χ1) is 6.20. The molecular formula is C8H14N2O3. The van der Waals surface area contributed by atoms with E-state index in [0.717, 1.165) is 6.42 Å². The van der Waals surface area contributed by atoms with Crippen molar-refractivity contribution in [1.29, 1.82) is 0 Å². The van der Waals surface area contributed by atoms with Gasteiger partial charge in [-0.3, -0.25) is 9.69 Å². The number of rotatable bonds is 2. The van der Waals surface area contributed by atoms with Gasteiger partial charge >= 0.3 is 6.09 Å². The van der Waals surface area contributed by atoms with Crippen molar-refractivity contribution < 1.29 is 14.3 Å². The molecule has 1 heterocycles. The fraction of sp³-hybridized carbons (Fsp3) is 0.750. The molecule has 74 valence electrons. The van der Waals surface area contributed by atoms with Crippen LogP contribution in [0.5, 0.6) is 0 Å². The van der Waals surface area contributed by atoms with E-state index in [9.17, 15) is 9.59 Å². The number of nitrogens with zero attached hydrogens (tertiary/aromatic N) is 1. The number of likely N-dealkylation sites (tertiary alicyclic amines) is 1. The zero-order valence-corrected chi connectivity index (χ0v) is 7.87.